The molecule has 0 fully saturated rings. The van der Waals surface area contributed by atoms with Crippen LogP contribution in [0.3, 0.4) is 0 Å². The highest BCUT2D eigenvalue weighted by Gasteiger charge is 2.22. The first-order chi connectivity index (χ1) is 7.66. The van der Waals surface area contributed by atoms with Crippen molar-refractivity contribution in [3.63, 3.8) is 0 Å². The molecular formula is C11H10FN3O. The van der Waals surface area contributed by atoms with Crippen molar-refractivity contribution < 1.29 is 9.18 Å². The van der Waals surface area contributed by atoms with Gasteiger partial charge in [0.05, 0.1) is 5.52 Å². The number of amides is 1. The Morgan fingerprint density at radius 1 is 1.50 bits per heavy atom. The van der Waals surface area contributed by atoms with Crippen LogP contribution in [-0.2, 0) is 6.54 Å². The van der Waals surface area contributed by atoms with Gasteiger partial charge in [-0.3, -0.25) is 4.79 Å². The van der Waals surface area contributed by atoms with Crippen LogP contribution in [0.15, 0.2) is 12.1 Å². The van der Waals surface area contributed by atoms with Gasteiger partial charge in [0, 0.05) is 13.1 Å². The molecule has 3 rings (SSSR count). The Morgan fingerprint density at radius 2 is 2.31 bits per heavy atom. The summed E-state index contributed by atoms with van der Waals surface area (Å²) in [5, 5.41) is 2.69. The monoisotopic (exact) mass is 219 g/mol. The van der Waals surface area contributed by atoms with Gasteiger partial charge in [0.1, 0.15) is 5.52 Å². The lowest BCUT2D eigenvalue weighted by Crippen LogP contribution is -2.35. The molecule has 2 aromatic rings. The molecule has 0 atom stereocenters. The predicted molar refractivity (Wildman–Crippen MR) is 56.8 cm³/mol. The third-order valence-electron chi connectivity index (χ3n) is 2.78. The number of aryl methyl sites for hydroxylation is 1. The van der Waals surface area contributed by atoms with Crippen molar-refractivity contribution in [2.24, 2.45) is 0 Å². The van der Waals surface area contributed by atoms with Gasteiger partial charge in [-0.2, -0.15) is 0 Å². The lowest BCUT2D eigenvalue weighted by molar-refractivity contribution is 0.0923. The molecule has 1 N–H and O–H groups in total. The zero-order valence-electron chi connectivity index (χ0n) is 8.75. The van der Waals surface area contributed by atoms with Gasteiger partial charge in [0.2, 0.25) is 0 Å². The highest BCUT2D eigenvalue weighted by atomic mass is 19.1. The van der Waals surface area contributed by atoms with E-state index >= 15 is 0 Å². The Labute approximate surface area is 91.1 Å². The number of aromatic nitrogens is 2. The number of nitrogens with zero attached hydrogens (tertiary/aromatic N) is 2. The summed E-state index contributed by atoms with van der Waals surface area (Å²) in [5.74, 6) is -0.310. The van der Waals surface area contributed by atoms with Crippen LogP contribution in [-0.4, -0.2) is 22.0 Å². The predicted octanol–water partition coefficient (Wildman–Crippen LogP) is 1.23. The molecule has 16 heavy (non-hydrogen) atoms. The Balaban J connectivity index is 2.40. The summed E-state index contributed by atoms with van der Waals surface area (Å²) in [6.07, 6.45) is 0. The fourth-order valence-corrected chi connectivity index (χ4v) is 2.07. The van der Waals surface area contributed by atoms with Crippen LogP contribution in [0.2, 0.25) is 0 Å². The summed E-state index contributed by atoms with van der Waals surface area (Å²) in [6, 6.07) is 3.28. The number of nitrogens with one attached hydrogen (secondary N) is 1. The summed E-state index contributed by atoms with van der Waals surface area (Å²) in [5.41, 5.74) is 1.80. The smallest absolute Gasteiger partial charge is 0.287 e. The minimum atomic E-state index is -0.371. The van der Waals surface area contributed by atoms with Gasteiger partial charge in [-0.25, -0.2) is 9.37 Å². The molecule has 1 aliphatic rings. The maximum Gasteiger partial charge on any atom is 0.287 e. The van der Waals surface area contributed by atoms with Gasteiger partial charge in [0.15, 0.2) is 11.6 Å². The number of carbonyl (C=O) groups is 1. The SMILES string of the molecule is Cc1cc(F)c2nc3n(c2c1)CCNC3=O. The van der Waals surface area contributed by atoms with E-state index in [1.54, 1.807) is 4.57 Å². The third-order valence-corrected chi connectivity index (χ3v) is 2.78. The summed E-state index contributed by atoms with van der Waals surface area (Å²) < 4.78 is 15.4. The number of benzene rings is 1. The number of halogens is 1. The van der Waals surface area contributed by atoms with Crippen LogP contribution in [0.25, 0.3) is 11.0 Å². The highest BCUT2D eigenvalue weighted by molar-refractivity contribution is 5.95. The van der Waals surface area contributed by atoms with Gasteiger partial charge >= 0.3 is 0 Å². The molecule has 1 aromatic carbocycles. The van der Waals surface area contributed by atoms with Crippen LogP contribution in [0, 0.1) is 12.7 Å². The highest BCUT2D eigenvalue weighted by Crippen LogP contribution is 2.22. The third kappa shape index (κ3) is 1.14. The Bertz CT molecular complexity index is 603. The minimum Gasteiger partial charge on any atom is -0.348 e. The van der Waals surface area contributed by atoms with Crippen LogP contribution in [0.4, 0.5) is 4.39 Å². The van der Waals surface area contributed by atoms with Crippen LogP contribution in [0.5, 0.6) is 0 Å². The van der Waals surface area contributed by atoms with Crippen molar-refractivity contribution in [3.8, 4) is 0 Å². The van der Waals surface area contributed by atoms with Crippen molar-refractivity contribution in [2.75, 3.05) is 6.54 Å². The molecule has 1 aliphatic heterocycles. The van der Waals surface area contributed by atoms with Crippen molar-refractivity contribution in [3.05, 3.63) is 29.3 Å². The van der Waals surface area contributed by atoms with Crippen molar-refractivity contribution in [1.29, 1.82) is 0 Å². The molecule has 0 bridgehead atoms. The molecule has 1 amide bonds. The minimum absolute atomic E-state index is 0.237. The summed E-state index contributed by atoms with van der Waals surface area (Å²) in [4.78, 5) is 15.6. The molecule has 1 aromatic heterocycles. The van der Waals surface area contributed by atoms with Gasteiger partial charge in [0.25, 0.3) is 5.91 Å². The lowest BCUT2D eigenvalue weighted by atomic mass is 10.2. The topological polar surface area (TPSA) is 46.9 Å². The van der Waals surface area contributed by atoms with Gasteiger partial charge < -0.3 is 9.88 Å². The summed E-state index contributed by atoms with van der Waals surface area (Å²) in [7, 11) is 0. The van der Waals surface area contributed by atoms with Crippen LogP contribution in [0.1, 0.15) is 16.2 Å². The first-order valence-corrected chi connectivity index (χ1v) is 5.11. The van der Waals surface area contributed by atoms with E-state index in [1.807, 2.05) is 13.0 Å². The Morgan fingerprint density at radius 3 is 3.12 bits per heavy atom. The fourth-order valence-electron chi connectivity index (χ4n) is 2.07. The second kappa shape index (κ2) is 3.04. The molecule has 4 nitrogen and oxygen atoms in total. The number of hydrogen-bond acceptors (Lipinski definition) is 2. The molecule has 0 spiro atoms. The molecule has 5 heteroatoms. The summed E-state index contributed by atoms with van der Waals surface area (Å²) >= 11 is 0. The molecule has 0 unspecified atom stereocenters. The van der Waals surface area contributed by atoms with Gasteiger partial charge in [-0.1, -0.05) is 0 Å². The maximum absolute atomic E-state index is 13.7. The standard InChI is InChI=1S/C11H10FN3O/c1-6-4-7(12)9-8(5-6)15-3-2-13-11(16)10(15)14-9/h4-5H,2-3H2,1H3,(H,13,16). The largest absolute Gasteiger partial charge is 0.348 e. The summed E-state index contributed by atoms with van der Waals surface area (Å²) in [6.45, 7) is 3.03. The number of imidazole rings is 1. The maximum atomic E-state index is 13.7. The van der Waals surface area contributed by atoms with Crippen molar-refractivity contribution in [2.45, 2.75) is 13.5 Å². The number of hydrogen-bond donors (Lipinski definition) is 1. The first kappa shape index (κ1) is 9.33. The average molecular weight is 219 g/mol. The molecular weight excluding hydrogens is 209 g/mol. The van der Waals surface area contributed by atoms with Crippen LogP contribution >= 0.6 is 0 Å². The number of carbonyl (C=O) groups excluding carboxylic acids is 1. The van der Waals surface area contributed by atoms with E-state index in [9.17, 15) is 9.18 Å². The molecule has 0 saturated carbocycles. The molecule has 0 saturated heterocycles. The second-order valence-electron chi connectivity index (χ2n) is 3.96. The van der Waals surface area contributed by atoms with Gasteiger partial charge in [-0.15, -0.1) is 0 Å². The van der Waals surface area contributed by atoms with Crippen LogP contribution < -0.4 is 5.32 Å². The quantitative estimate of drug-likeness (QED) is 0.724. The van der Waals surface area contributed by atoms with E-state index < -0.39 is 0 Å². The molecule has 82 valence electrons. The van der Waals surface area contributed by atoms with E-state index in [0.29, 0.717) is 24.4 Å². The number of fused-ring (bicyclic) bond motifs is 3. The average Bonchev–Trinajstić information content (AvgIpc) is 2.59. The Hall–Kier alpha value is -1.91. The van der Waals surface area contributed by atoms with E-state index in [0.717, 1.165) is 5.56 Å². The van der Waals surface area contributed by atoms with Crippen molar-refractivity contribution >= 4 is 16.9 Å². The second-order valence-corrected chi connectivity index (χ2v) is 3.96. The van der Waals surface area contributed by atoms with Crippen molar-refractivity contribution in [1.82, 2.24) is 14.9 Å². The fraction of sp³-hybridized carbons (Fsp3) is 0.273. The first-order valence-electron chi connectivity index (χ1n) is 5.11. The zero-order valence-corrected chi connectivity index (χ0v) is 8.75. The molecule has 0 aliphatic carbocycles. The van der Waals surface area contributed by atoms with E-state index in [4.69, 9.17) is 0 Å². The van der Waals surface area contributed by atoms with E-state index in [2.05, 4.69) is 10.3 Å². The molecule has 2 heterocycles. The Kier molecular flexibility index (Phi) is 1.77. The van der Waals surface area contributed by atoms with E-state index in [-0.39, 0.29) is 17.2 Å². The number of rotatable bonds is 0. The zero-order chi connectivity index (χ0) is 11.3. The normalized spacial score (nSPS) is 15.0. The van der Waals surface area contributed by atoms with E-state index in [1.165, 1.54) is 6.07 Å². The van der Waals surface area contributed by atoms with Gasteiger partial charge in [-0.05, 0) is 24.6 Å². The molecule has 0 radical (unpaired) electrons. The lowest BCUT2D eigenvalue weighted by Gasteiger charge is -2.14.